The summed E-state index contributed by atoms with van der Waals surface area (Å²) in [5.41, 5.74) is -0.0750. The van der Waals surface area contributed by atoms with Gasteiger partial charge in [0.05, 0.1) is 18.6 Å². The maximum atomic E-state index is 12.9. The molecule has 0 unspecified atom stereocenters. The minimum Gasteiger partial charge on any atom is -0.493 e. The van der Waals surface area contributed by atoms with E-state index in [1.165, 1.54) is 28.9 Å². The van der Waals surface area contributed by atoms with Crippen LogP contribution in [0.15, 0.2) is 53.3 Å². The summed E-state index contributed by atoms with van der Waals surface area (Å²) < 4.78 is 25.0. The first-order valence-electron chi connectivity index (χ1n) is 9.65. The van der Waals surface area contributed by atoms with Crippen LogP contribution in [-0.2, 0) is 11.3 Å². The van der Waals surface area contributed by atoms with Crippen molar-refractivity contribution in [3.63, 3.8) is 0 Å². The van der Waals surface area contributed by atoms with Crippen LogP contribution >= 0.6 is 0 Å². The largest absolute Gasteiger partial charge is 0.493 e. The first-order valence-corrected chi connectivity index (χ1v) is 9.65. The van der Waals surface area contributed by atoms with Crippen LogP contribution in [0.5, 0.6) is 5.75 Å². The molecule has 7 heteroatoms. The zero-order chi connectivity index (χ0) is 20.6. The quantitative estimate of drug-likeness (QED) is 0.403. The van der Waals surface area contributed by atoms with Crippen molar-refractivity contribution in [3.05, 3.63) is 70.4 Å². The Morgan fingerprint density at radius 1 is 1.03 bits per heavy atom. The normalized spacial score (nSPS) is 10.8. The van der Waals surface area contributed by atoms with Crippen LogP contribution in [0.25, 0.3) is 10.8 Å². The van der Waals surface area contributed by atoms with Crippen molar-refractivity contribution in [2.24, 2.45) is 0 Å². The molecule has 0 amide bonds. The van der Waals surface area contributed by atoms with Crippen LogP contribution in [0.3, 0.4) is 0 Å². The van der Waals surface area contributed by atoms with Gasteiger partial charge in [0.25, 0.3) is 5.56 Å². The lowest BCUT2D eigenvalue weighted by Crippen LogP contribution is -2.26. The number of halogens is 1. The lowest BCUT2D eigenvalue weighted by Gasteiger charge is -2.11. The number of carbonyl (C=O) groups is 1. The highest BCUT2D eigenvalue weighted by molar-refractivity contribution is 6.02. The van der Waals surface area contributed by atoms with Gasteiger partial charge in [-0.05, 0) is 36.8 Å². The van der Waals surface area contributed by atoms with Crippen molar-refractivity contribution in [1.29, 1.82) is 0 Å². The molecule has 0 saturated carbocycles. The summed E-state index contributed by atoms with van der Waals surface area (Å²) in [6.07, 6.45) is 2.17. The zero-order valence-electron chi connectivity index (χ0n) is 16.3. The van der Waals surface area contributed by atoms with Crippen LogP contribution < -0.4 is 10.3 Å². The third-order valence-corrected chi connectivity index (χ3v) is 4.39. The maximum Gasteiger partial charge on any atom is 0.359 e. The summed E-state index contributed by atoms with van der Waals surface area (Å²) in [6.45, 7) is 2.94. The summed E-state index contributed by atoms with van der Waals surface area (Å²) in [5, 5.41) is 5.19. The number of esters is 1. The fourth-order valence-electron chi connectivity index (χ4n) is 2.86. The second-order valence-corrected chi connectivity index (χ2v) is 6.57. The maximum absolute atomic E-state index is 12.9. The van der Waals surface area contributed by atoms with E-state index in [0.717, 1.165) is 12.8 Å². The Bertz CT molecular complexity index is 1030. The standard InChI is InChI=1S/C22H23FN2O4/c1-2-3-13-25-21(26)19-8-5-4-7-18(19)20(24-25)22(27)29-15-6-14-28-17-11-9-16(23)10-12-17/h4-5,7-12H,2-3,6,13-15H2,1H3. The highest BCUT2D eigenvalue weighted by Gasteiger charge is 2.17. The molecule has 6 nitrogen and oxygen atoms in total. The van der Waals surface area contributed by atoms with Crippen molar-refractivity contribution in [2.75, 3.05) is 13.2 Å². The number of unbranched alkanes of at least 4 members (excludes halogenated alkanes) is 1. The topological polar surface area (TPSA) is 70.4 Å². The number of fused-ring (bicyclic) bond motifs is 1. The smallest absolute Gasteiger partial charge is 0.359 e. The van der Waals surface area contributed by atoms with Gasteiger partial charge in [-0.2, -0.15) is 5.10 Å². The molecule has 0 spiro atoms. The first-order chi connectivity index (χ1) is 14.1. The number of nitrogens with zero attached hydrogens (tertiary/aromatic N) is 2. The lowest BCUT2D eigenvalue weighted by molar-refractivity contribution is 0.0478. The molecule has 29 heavy (non-hydrogen) atoms. The van der Waals surface area contributed by atoms with Gasteiger partial charge < -0.3 is 9.47 Å². The molecule has 3 rings (SSSR count). The van der Waals surface area contributed by atoms with E-state index < -0.39 is 5.97 Å². The number of hydrogen-bond acceptors (Lipinski definition) is 5. The fraction of sp³-hybridized carbons (Fsp3) is 0.318. The molecule has 2 aromatic carbocycles. The summed E-state index contributed by atoms with van der Waals surface area (Å²) in [6, 6.07) is 12.6. The van der Waals surface area contributed by atoms with Gasteiger partial charge in [0, 0.05) is 18.4 Å². The number of carbonyl (C=O) groups excluding carboxylic acids is 1. The van der Waals surface area contributed by atoms with Crippen molar-refractivity contribution in [2.45, 2.75) is 32.7 Å². The Labute approximate surface area is 167 Å². The zero-order valence-corrected chi connectivity index (χ0v) is 16.3. The monoisotopic (exact) mass is 398 g/mol. The Balaban J connectivity index is 1.64. The third kappa shape index (κ3) is 5.19. The molecule has 1 aromatic heterocycles. The van der Waals surface area contributed by atoms with Crippen LogP contribution in [0.2, 0.25) is 0 Å². The van der Waals surface area contributed by atoms with Crippen LogP contribution in [-0.4, -0.2) is 29.0 Å². The van der Waals surface area contributed by atoms with Crippen LogP contribution in [0, 0.1) is 5.82 Å². The average molecular weight is 398 g/mol. The van der Waals surface area contributed by atoms with E-state index in [0.29, 0.717) is 36.1 Å². The van der Waals surface area contributed by atoms with Crippen LogP contribution in [0.1, 0.15) is 36.7 Å². The molecular weight excluding hydrogens is 375 g/mol. The summed E-state index contributed by atoms with van der Waals surface area (Å²) in [7, 11) is 0. The second-order valence-electron chi connectivity index (χ2n) is 6.57. The van der Waals surface area contributed by atoms with E-state index in [1.807, 2.05) is 6.92 Å². The van der Waals surface area contributed by atoms with Gasteiger partial charge in [-0.1, -0.05) is 31.5 Å². The molecule has 1 heterocycles. The third-order valence-electron chi connectivity index (χ3n) is 4.39. The predicted molar refractivity (Wildman–Crippen MR) is 108 cm³/mol. The molecule has 0 aliphatic rings. The number of rotatable bonds is 9. The van der Waals surface area contributed by atoms with Crippen molar-refractivity contribution >= 4 is 16.7 Å². The summed E-state index contributed by atoms with van der Waals surface area (Å²) in [5.74, 6) is -0.354. The second kappa shape index (κ2) is 9.82. The summed E-state index contributed by atoms with van der Waals surface area (Å²) >= 11 is 0. The molecule has 0 bridgehead atoms. The molecule has 0 atom stereocenters. The predicted octanol–water partition coefficient (Wildman–Crippen LogP) is 3.96. The minimum absolute atomic E-state index is 0.135. The van der Waals surface area contributed by atoms with Crippen molar-refractivity contribution in [3.8, 4) is 5.75 Å². The Morgan fingerprint density at radius 2 is 1.76 bits per heavy atom. The Kier molecular flexibility index (Phi) is 6.94. The van der Waals surface area contributed by atoms with E-state index >= 15 is 0 Å². The SMILES string of the molecule is CCCCn1nc(C(=O)OCCCOc2ccc(F)cc2)c2ccccc2c1=O. The molecule has 0 N–H and O–H groups in total. The van der Waals surface area contributed by atoms with Gasteiger partial charge >= 0.3 is 5.97 Å². The summed E-state index contributed by atoms with van der Waals surface area (Å²) in [4.78, 5) is 25.2. The number of hydrogen-bond donors (Lipinski definition) is 0. The van der Waals surface area contributed by atoms with E-state index in [-0.39, 0.29) is 23.7 Å². The van der Waals surface area contributed by atoms with E-state index in [4.69, 9.17) is 9.47 Å². The van der Waals surface area contributed by atoms with Gasteiger partial charge in [-0.15, -0.1) is 0 Å². The van der Waals surface area contributed by atoms with Gasteiger partial charge in [-0.25, -0.2) is 13.9 Å². The van der Waals surface area contributed by atoms with Gasteiger partial charge in [-0.3, -0.25) is 4.79 Å². The van der Waals surface area contributed by atoms with Crippen molar-refractivity contribution < 1.29 is 18.7 Å². The van der Waals surface area contributed by atoms with E-state index in [1.54, 1.807) is 24.3 Å². The number of ether oxygens (including phenoxy) is 2. The van der Waals surface area contributed by atoms with Gasteiger partial charge in [0.15, 0.2) is 5.69 Å². The molecule has 152 valence electrons. The van der Waals surface area contributed by atoms with E-state index in [9.17, 15) is 14.0 Å². The molecule has 0 aliphatic heterocycles. The van der Waals surface area contributed by atoms with Gasteiger partial charge in [0.1, 0.15) is 11.6 Å². The fourth-order valence-corrected chi connectivity index (χ4v) is 2.86. The number of aryl methyl sites for hydroxylation is 1. The number of aromatic nitrogens is 2. The lowest BCUT2D eigenvalue weighted by atomic mass is 10.1. The Morgan fingerprint density at radius 3 is 2.48 bits per heavy atom. The molecule has 0 saturated heterocycles. The Hall–Kier alpha value is -3.22. The van der Waals surface area contributed by atoms with E-state index in [2.05, 4.69) is 5.10 Å². The van der Waals surface area contributed by atoms with Crippen molar-refractivity contribution in [1.82, 2.24) is 9.78 Å². The van der Waals surface area contributed by atoms with Crippen LogP contribution in [0.4, 0.5) is 4.39 Å². The van der Waals surface area contributed by atoms with Gasteiger partial charge in [0.2, 0.25) is 0 Å². The average Bonchev–Trinajstić information content (AvgIpc) is 2.74. The molecule has 0 fully saturated rings. The highest BCUT2D eigenvalue weighted by Crippen LogP contribution is 2.15. The molecule has 0 aliphatic carbocycles. The first kappa shape index (κ1) is 20.5. The molecule has 0 radical (unpaired) electrons. The molecule has 3 aromatic rings. The number of benzene rings is 2. The molecular formula is C22H23FN2O4. The highest BCUT2D eigenvalue weighted by atomic mass is 19.1. The minimum atomic E-state index is -0.576.